The van der Waals surface area contributed by atoms with Gasteiger partial charge in [0.15, 0.2) is 0 Å². The minimum absolute atomic E-state index is 0.185. The molecule has 0 bridgehead atoms. The van der Waals surface area contributed by atoms with Crippen LogP contribution in [-0.2, 0) is 0 Å². The summed E-state index contributed by atoms with van der Waals surface area (Å²) in [5, 5.41) is 5.49. The number of benzene rings is 2. The molecule has 0 atom stereocenters. The van der Waals surface area contributed by atoms with Crippen LogP contribution in [0, 0.1) is 0 Å². The molecule has 126 valence electrons. The number of anilines is 1. The van der Waals surface area contributed by atoms with Crippen LogP contribution in [0.1, 0.15) is 27.6 Å². The number of hydrogen-bond acceptors (Lipinski definition) is 4. The van der Waals surface area contributed by atoms with Crippen LogP contribution in [0.3, 0.4) is 0 Å². The van der Waals surface area contributed by atoms with E-state index in [-0.39, 0.29) is 11.8 Å². The number of carbonyl (C=O) groups excluding carboxylic acids is 2. The molecule has 0 fully saturated rings. The lowest BCUT2D eigenvalue weighted by molar-refractivity contribution is 0.0954. The summed E-state index contributed by atoms with van der Waals surface area (Å²) >= 11 is 0. The van der Waals surface area contributed by atoms with Crippen LogP contribution in [-0.4, -0.2) is 32.6 Å². The van der Waals surface area contributed by atoms with Gasteiger partial charge in [0.1, 0.15) is 11.5 Å². The average Bonchev–Trinajstić information content (AvgIpc) is 2.61. The highest BCUT2D eigenvalue weighted by Gasteiger charge is 2.14. The van der Waals surface area contributed by atoms with E-state index in [1.54, 1.807) is 49.6 Å². The van der Waals surface area contributed by atoms with Crippen molar-refractivity contribution in [3.8, 4) is 11.5 Å². The molecule has 24 heavy (non-hydrogen) atoms. The summed E-state index contributed by atoms with van der Waals surface area (Å²) in [5.41, 5.74) is 1.39. The first-order chi connectivity index (χ1) is 11.6. The lowest BCUT2D eigenvalue weighted by Gasteiger charge is -2.11. The Labute approximate surface area is 140 Å². The Morgan fingerprint density at radius 3 is 2.46 bits per heavy atom. The van der Waals surface area contributed by atoms with Gasteiger partial charge in [0.2, 0.25) is 0 Å². The van der Waals surface area contributed by atoms with Crippen LogP contribution < -0.4 is 20.1 Å². The Bertz CT molecular complexity index is 744. The zero-order valence-electron chi connectivity index (χ0n) is 13.9. The fourth-order valence-corrected chi connectivity index (χ4v) is 2.19. The van der Waals surface area contributed by atoms with Gasteiger partial charge >= 0.3 is 0 Å². The van der Waals surface area contributed by atoms with Crippen molar-refractivity contribution in [3.63, 3.8) is 0 Å². The smallest absolute Gasteiger partial charge is 0.259 e. The van der Waals surface area contributed by atoms with E-state index >= 15 is 0 Å². The summed E-state index contributed by atoms with van der Waals surface area (Å²) in [6.07, 6.45) is 0. The summed E-state index contributed by atoms with van der Waals surface area (Å²) in [7, 11) is 3.03. The zero-order chi connectivity index (χ0) is 17.5. The number of amides is 2. The maximum atomic E-state index is 12.5. The molecule has 0 heterocycles. The van der Waals surface area contributed by atoms with E-state index < -0.39 is 0 Å². The molecule has 0 aromatic heterocycles. The van der Waals surface area contributed by atoms with Crippen molar-refractivity contribution >= 4 is 17.5 Å². The Hall–Kier alpha value is -3.02. The van der Waals surface area contributed by atoms with Crippen LogP contribution in [0.4, 0.5) is 5.69 Å². The summed E-state index contributed by atoms with van der Waals surface area (Å²) in [4.78, 5) is 24.3. The first-order valence-electron chi connectivity index (χ1n) is 7.50. The maximum Gasteiger partial charge on any atom is 0.259 e. The van der Waals surface area contributed by atoms with Gasteiger partial charge in [-0.25, -0.2) is 0 Å². The van der Waals surface area contributed by atoms with Crippen molar-refractivity contribution in [2.45, 2.75) is 6.92 Å². The van der Waals surface area contributed by atoms with Crippen LogP contribution in [0.2, 0.25) is 0 Å². The summed E-state index contributed by atoms with van der Waals surface area (Å²) < 4.78 is 10.4. The number of hydrogen-bond donors (Lipinski definition) is 2. The molecule has 2 amide bonds. The fourth-order valence-electron chi connectivity index (χ4n) is 2.19. The fraction of sp³-hybridized carbons (Fsp3) is 0.222. The number of nitrogens with one attached hydrogen (secondary N) is 2. The minimum atomic E-state index is -0.331. The van der Waals surface area contributed by atoms with E-state index in [2.05, 4.69) is 10.6 Å². The second-order valence-electron chi connectivity index (χ2n) is 4.96. The van der Waals surface area contributed by atoms with E-state index in [1.807, 2.05) is 6.92 Å². The van der Waals surface area contributed by atoms with Gasteiger partial charge in [-0.1, -0.05) is 6.07 Å². The summed E-state index contributed by atoms with van der Waals surface area (Å²) in [6.45, 7) is 2.39. The largest absolute Gasteiger partial charge is 0.497 e. The number of methoxy groups -OCH3 is 2. The van der Waals surface area contributed by atoms with Gasteiger partial charge in [-0.15, -0.1) is 0 Å². The van der Waals surface area contributed by atoms with Crippen LogP contribution in [0.25, 0.3) is 0 Å². The molecule has 6 heteroatoms. The molecular weight excluding hydrogens is 308 g/mol. The second-order valence-corrected chi connectivity index (χ2v) is 4.96. The SMILES string of the molecule is CCNC(=O)c1cccc(NC(=O)c2ccc(OC)cc2OC)c1. The predicted octanol–water partition coefficient (Wildman–Crippen LogP) is 2.71. The molecule has 0 radical (unpaired) electrons. The summed E-state index contributed by atoms with van der Waals surface area (Å²) in [5.74, 6) is 0.492. The average molecular weight is 328 g/mol. The molecule has 2 rings (SSSR count). The van der Waals surface area contributed by atoms with Gasteiger partial charge in [0.05, 0.1) is 19.8 Å². The van der Waals surface area contributed by atoms with Gasteiger partial charge in [-0.05, 0) is 37.3 Å². The van der Waals surface area contributed by atoms with Crippen LogP contribution in [0.15, 0.2) is 42.5 Å². The molecule has 0 aliphatic carbocycles. The highest BCUT2D eigenvalue weighted by atomic mass is 16.5. The summed E-state index contributed by atoms with van der Waals surface area (Å²) in [6, 6.07) is 11.7. The van der Waals surface area contributed by atoms with Crippen molar-refractivity contribution in [1.29, 1.82) is 0 Å². The van der Waals surface area contributed by atoms with Gasteiger partial charge in [0.25, 0.3) is 11.8 Å². The Morgan fingerprint density at radius 2 is 1.79 bits per heavy atom. The first kappa shape index (κ1) is 17.3. The lowest BCUT2D eigenvalue weighted by atomic mass is 10.1. The van der Waals surface area contributed by atoms with Crippen molar-refractivity contribution < 1.29 is 19.1 Å². The predicted molar refractivity (Wildman–Crippen MR) is 91.9 cm³/mol. The Kier molecular flexibility index (Phi) is 5.78. The first-order valence-corrected chi connectivity index (χ1v) is 7.50. The third-order valence-corrected chi connectivity index (χ3v) is 3.37. The Morgan fingerprint density at radius 1 is 1.00 bits per heavy atom. The minimum Gasteiger partial charge on any atom is -0.497 e. The molecule has 2 aromatic carbocycles. The molecule has 0 spiro atoms. The third-order valence-electron chi connectivity index (χ3n) is 3.37. The highest BCUT2D eigenvalue weighted by molar-refractivity contribution is 6.07. The van der Waals surface area contributed by atoms with E-state index in [4.69, 9.17) is 9.47 Å². The van der Waals surface area contributed by atoms with Crippen molar-refractivity contribution in [2.75, 3.05) is 26.1 Å². The highest BCUT2D eigenvalue weighted by Crippen LogP contribution is 2.25. The second kappa shape index (κ2) is 8.01. The van der Waals surface area contributed by atoms with Crippen molar-refractivity contribution in [2.24, 2.45) is 0 Å². The normalized spacial score (nSPS) is 9.96. The Balaban J connectivity index is 2.21. The van der Waals surface area contributed by atoms with Crippen molar-refractivity contribution in [1.82, 2.24) is 5.32 Å². The van der Waals surface area contributed by atoms with Crippen LogP contribution in [0.5, 0.6) is 11.5 Å². The third kappa shape index (κ3) is 4.04. The zero-order valence-corrected chi connectivity index (χ0v) is 13.9. The van der Waals surface area contributed by atoms with E-state index in [0.717, 1.165) is 0 Å². The molecule has 0 aliphatic rings. The number of rotatable bonds is 6. The van der Waals surface area contributed by atoms with Gasteiger partial charge in [-0.3, -0.25) is 9.59 Å². The lowest BCUT2D eigenvalue weighted by Crippen LogP contribution is -2.22. The monoisotopic (exact) mass is 328 g/mol. The molecule has 2 aromatic rings. The molecular formula is C18H20N2O4. The molecule has 0 saturated heterocycles. The number of ether oxygens (including phenoxy) is 2. The van der Waals surface area contributed by atoms with Gasteiger partial charge in [-0.2, -0.15) is 0 Å². The molecule has 6 nitrogen and oxygen atoms in total. The molecule has 0 aliphatic heterocycles. The van der Waals surface area contributed by atoms with Crippen molar-refractivity contribution in [3.05, 3.63) is 53.6 Å². The van der Waals surface area contributed by atoms with E-state index in [0.29, 0.717) is 34.9 Å². The topological polar surface area (TPSA) is 76.7 Å². The van der Waals surface area contributed by atoms with E-state index in [9.17, 15) is 9.59 Å². The maximum absolute atomic E-state index is 12.5. The molecule has 0 saturated carbocycles. The van der Waals surface area contributed by atoms with Gasteiger partial charge in [0, 0.05) is 23.9 Å². The molecule has 2 N–H and O–H groups in total. The van der Waals surface area contributed by atoms with E-state index in [1.165, 1.54) is 7.11 Å². The quantitative estimate of drug-likeness (QED) is 0.855. The number of carbonyl (C=O) groups is 2. The van der Waals surface area contributed by atoms with Crippen LogP contribution >= 0.6 is 0 Å². The molecule has 0 unspecified atom stereocenters. The standard InChI is InChI=1S/C18H20N2O4/c1-4-19-17(21)12-6-5-7-13(10-12)20-18(22)15-9-8-14(23-2)11-16(15)24-3/h5-11H,4H2,1-3H3,(H,19,21)(H,20,22). The van der Waals surface area contributed by atoms with Gasteiger partial charge < -0.3 is 20.1 Å².